The van der Waals surface area contributed by atoms with Gasteiger partial charge in [-0.05, 0) is 65.1 Å². The van der Waals surface area contributed by atoms with Crippen LogP contribution in [0.5, 0.6) is 5.75 Å². The zero-order chi connectivity index (χ0) is 14.5. The number of benzene rings is 2. The molecule has 2 aromatic rings. The van der Waals surface area contributed by atoms with E-state index in [0.29, 0.717) is 5.56 Å². The predicted molar refractivity (Wildman–Crippen MR) is 87.6 cm³/mol. The summed E-state index contributed by atoms with van der Waals surface area (Å²) in [6, 6.07) is 13.6. The molecule has 0 unspecified atom stereocenters. The molecule has 0 heterocycles. The Kier molecular flexibility index (Phi) is 5.31. The molecule has 0 fully saturated rings. The van der Waals surface area contributed by atoms with Crippen LogP contribution < -0.4 is 4.74 Å². The van der Waals surface area contributed by atoms with E-state index < -0.39 is 0 Å². The molecule has 0 N–H and O–H groups in total. The summed E-state index contributed by atoms with van der Waals surface area (Å²) in [5.74, 6) is 0.513. The van der Waals surface area contributed by atoms with E-state index in [1.165, 1.54) is 7.11 Å². The number of esters is 1. The van der Waals surface area contributed by atoms with Gasteiger partial charge < -0.3 is 9.47 Å². The van der Waals surface area contributed by atoms with Crippen LogP contribution in [0.1, 0.15) is 10.4 Å². The van der Waals surface area contributed by atoms with E-state index in [0.717, 1.165) is 19.1 Å². The number of carbonyl (C=O) groups is 1. The van der Waals surface area contributed by atoms with Gasteiger partial charge in [0.2, 0.25) is 0 Å². The highest BCUT2D eigenvalue weighted by atomic mass is 127. The number of carbonyl (C=O) groups excluding carboxylic acids is 1. The Bertz CT molecular complexity index is 611. The third-order valence-corrected chi connectivity index (χ3v) is 4.58. The van der Waals surface area contributed by atoms with Crippen molar-refractivity contribution in [1.82, 2.24) is 0 Å². The lowest BCUT2D eigenvalue weighted by Crippen LogP contribution is -2.03. The molecular weight excluding hydrogens is 387 g/mol. The van der Waals surface area contributed by atoms with Gasteiger partial charge in [0.05, 0.1) is 19.8 Å². The summed E-state index contributed by atoms with van der Waals surface area (Å²) in [6.45, 7) is 0. The molecule has 0 aliphatic heterocycles. The van der Waals surface area contributed by atoms with Gasteiger partial charge in [-0.3, -0.25) is 0 Å². The molecule has 104 valence electrons. The van der Waals surface area contributed by atoms with E-state index in [1.54, 1.807) is 18.9 Å². The molecule has 20 heavy (non-hydrogen) atoms. The Hall–Kier alpha value is -1.21. The first-order valence-corrected chi connectivity index (χ1v) is 7.73. The van der Waals surface area contributed by atoms with E-state index in [4.69, 9.17) is 9.47 Å². The molecule has 0 saturated carbocycles. The molecule has 0 aliphatic rings. The predicted octanol–water partition coefficient (Wildman–Crippen LogP) is 4.24. The molecule has 0 aliphatic carbocycles. The maximum absolute atomic E-state index is 11.7. The van der Waals surface area contributed by atoms with Crippen molar-refractivity contribution in [1.29, 1.82) is 0 Å². The smallest absolute Gasteiger partial charge is 0.338 e. The second kappa shape index (κ2) is 6.99. The second-order valence-corrected chi connectivity index (χ2v) is 6.22. The summed E-state index contributed by atoms with van der Waals surface area (Å²) < 4.78 is 10.8. The number of halogens is 1. The lowest BCUT2D eigenvalue weighted by Gasteiger charge is -2.07. The fourth-order valence-corrected chi connectivity index (χ4v) is 3.03. The number of hydrogen-bond acceptors (Lipinski definition) is 4. The number of hydrogen-bond donors (Lipinski definition) is 0. The lowest BCUT2D eigenvalue weighted by molar-refractivity contribution is 0.0599. The van der Waals surface area contributed by atoms with Crippen molar-refractivity contribution in [3.05, 3.63) is 51.6 Å². The fourth-order valence-electron chi connectivity index (χ4n) is 1.61. The van der Waals surface area contributed by atoms with Crippen molar-refractivity contribution < 1.29 is 14.3 Å². The van der Waals surface area contributed by atoms with Crippen molar-refractivity contribution in [2.45, 2.75) is 9.79 Å². The zero-order valence-corrected chi connectivity index (χ0v) is 14.0. The van der Waals surface area contributed by atoms with E-state index in [2.05, 4.69) is 22.6 Å². The highest BCUT2D eigenvalue weighted by Gasteiger charge is 2.11. The molecule has 0 bridgehead atoms. The summed E-state index contributed by atoms with van der Waals surface area (Å²) in [4.78, 5) is 13.8. The maximum Gasteiger partial charge on any atom is 0.338 e. The molecule has 0 radical (unpaired) electrons. The highest BCUT2D eigenvalue weighted by Crippen LogP contribution is 2.30. The number of rotatable bonds is 4. The Morgan fingerprint density at radius 1 is 1.05 bits per heavy atom. The van der Waals surface area contributed by atoms with Crippen molar-refractivity contribution in [3.8, 4) is 5.75 Å². The average molecular weight is 400 g/mol. The van der Waals surface area contributed by atoms with Crippen molar-refractivity contribution >= 4 is 40.3 Å². The van der Waals surface area contributed by atoms with Gasteiger partial charge in [0.1, 0.15) is 5.75 Å². The average Bonchev–Trinajstić information content (AvgIpc) is 2.49. The van der Waals surface area contributed by atoms with E-state index >= 15 is 0 Å². The Morgan fingerprint density at radius 2 is 1.70 bits per heavy atom. The standard InChI is InChI=1S/C15H13IO3S/c1-18-10-3-5-11(6-4-10)20-12-7-8-14(16)13(9-12)15(17)19-2/h3-9H,1-2H3. The van der Waals surface area contributed by atoms with Crippen LogP contribution in [0, 0.1) is 3.57 Å². The molecule has 0 aromatic heterocycles. The summed E-state index contributed by atoms with van der Waals surface area (Å²) >= 11 is 3.72. The molecule has 0 atom stereocenters. The largest absolute Gasteiger partial charge is 0.497 e. The second-order valence-electron chi connectivity index (χ2n) is 3.91. The van der Waals surface area contributed by atoms with E-state index in [1.807, 2.05) is 42.5 Å². The van der Waals surface area contributed by atoms with Crippen molar-refractivity contribution in [2.24, 2.45) is 0 Å². The van der Waals surface area contributed by atoms with Gasteiger partial charge in [0, 0.05) is 13.4 Å². The Balaban J connectivity index is 2.22. The van der Waals surface area contributed by atoms with Crippen LogP contribution in [0.3, 0.4) is 0 Å². The summed E-state index contributed by atoms with van der Waals surface area (Å²) in [5.41, 5.74) is 0.589. The molecular formula is C15H13IO3S. The third-order valence-electron chi connectivity index (χ3n) is 2.64. The van der Waals surface area contributed by atoms with Crippen molar-refractivity contribution in [3.63, 3.8) is 0 Å². The molecule has 2 aromatic carbocycles. The minimum absolute atomic E-state index is 0.313. The van der Waals surface area contributed by atoms with Gasteiger partial charge in [-0.1, -0.05) is 11.8 Å². The lowest BCUT2D eigenvalue weighted by atomic mass is 10.2. The first-order chi connectivity index (χ1) is 9.63. The van der Waals surface area contributed by atoms with Gasteiger partial charge in [-0.15, -0.1) is 0 Å². The monoisotopic (exact) mass is 400 g/mol. The van der Waals surface area contributed by atoms with Crippen LogP contribution in [0.25, 0.3) is 0 Å². The van der Waals surface area contributed by atoms with Crippen LogP contribution >= 0.6 is 34.4 Å². The molecule has 3 nitrogen and oxygen atoms in total. The normalized spacial score (nSPS) is 10.2. The quantitative estimate of drug-likeness (QED) is 0.568. The minimum atomic E-state index is -0.313. The molecule has 5 heteroatoms. The van der Waals surface area contributed by atoms with Gasteiger partial charge in [-0.25, -0.2) is 4.79 Å². The van der Waals surface area contributed by atoms with E-state index in [9.17, 15) is 4.79 Å². The SMILES string of the molecule is COC(=O)c1cc(Sc2ccc(OC)cc2)ccc1I. The maximum atomic E-state index is 11.7. The van der Waals surface area contributed by atoms with Crippen LogP contribution in [0.4, 0.5) is 0 Å². The Morgan fingerprint density at radius 3 is 2.30 bits per heavy atom. The minimum Gasteiger partial charge on any atom is -0.497 e. The summed E-state index contributed by atoms with van der Waals surface area (Å²) in [5, 5.41) is 0. The van der Waals surface area contributed by atoms with Crippen LogP contribution in [-0.4, -0.2) is 20.2 Å². The zero-order valence-electron chi connectivity index (χ0n) is 11.1. The first-order valence-electron chi connectivity index (χ1n) is 5.84. The molecule has 0 saturated heterocycles. The molecule has 0 spiro atoms. The molecule has 2 rings (SSSR count). The van der Waals surface area contributed by atoms with Gasteiger partial charge in [-0.2, -0.15) is 0 Å². The summed E-state index contributed by atoms with van der Waals surface area (Å²) in [6.07, 6.45) is 0. The van der Waals surface area contributed by atoms with Crippen LogP contribution in [0.2, 0.25) is 0 Å². The first kappa shape index (κ1) is 15.2. The van der Waals surface area contributed by atoms with Gasteiger partial charge >= 0.3 is 5.97 Å². The van der Waals surface area contributed by atoms with Crippen molar-refractivity contribution in [2.75, 3.05) is 14.2 Å². The van der Waals surface area contributed by atoms with Crippen LogP contribution in [0.15, 0.2) is 52.3 Å². The third kappa shape index (κ3) is 3.67. The van der Waals surface area contributed by atoms with Crippen LogP contribution in [-0.2, 0) is 4.74 Å². The summed E-state index contributed by atoms with van der Waals surface area (Å²) in [7, 11) is 3.03. The fraction of sp³-hybridized carbons (Fsp3) is 0.133. The van der Waals surface area contributed by atoms with Gasteiger partial charge in [0.25, 0.3) is 0 Å². The topological polar surface area (TPSA) is 35.5 Å². The Labute approximate surface area is 135 Å². The number of ether oxygens (including phenoxy) is 2. The highest BCUT2D eigenvalue weighted by molar-refractivity contribution is 14.1. The number of methoxy groups -OCH3 is 2. The molecule has 0 amide bonds. The van der Waals surface area contributed by atoms with E-state index in [-0.39, 0.29) is 5.97 Å². The van der Waals surface area contributed by atoms with Gasteiger partial charge in [0.15, 0.2) is 0 Å².